The van der Waals surface area contributed by atoms with E-state index in [1.807, 2.05) is 12.1 Å². The van der Waals surface area contributed by atoms with Gasteiger partial charge in [-0.15, -0.1) is 0 Å². The molecule has 0 spiro atoms. The zero-order valence-electron chi connectivity index (χ0n) is 19.2. The first-order valence-corrected chi connectivity index (χ1v) is 11.3. The van der Waals surface area contributed by atoms with Gasteiger partial charge in [-0.05, 0) is 57.2 Å². The van der Waals surface area contributed by atoms with Crippen molar-refractivity contribution in [3.8, 4) is 23.0 Å². The first kappa shape index (κ1) is 24.5. The molecule has 0 atom stereocenters. The third-order valence-corrected chi connectivity index (χ3v) is 5.15. The van der Waals surface area contributed by atoms with E-state index >= 15 is 0 Å². The van der Waals surface area contributed by atoms with Gasteiger partial charge in [-0.1, -0.05) is 12.1 Å². The second-order valence-electron chi connectivity index (χ2n) is 7.78. The Morgan fingerprint density at radius 3 is 1.70 bits per heavy atom. The minimum Gasteiger partial charge on any atom is -0.504 e. The average molecular weight is 456 g/mol. The van der Waals surface area contributed by atoms with E-state index in [0.29, 0.717) is 48.9 Å². The fourth-order valence-electron chi connectivity index (χ4n) is 3.34. The normalized spacial score (nSPS) is 17.5. The van der Waals surface area contributed by atoms with E-state index < -0.39 is 0 Å². The van der Waals surface area contributed by atoms with E-state index in [1.54, 1.807) is 36.7 Å². The van der Waals surface area contributed by atoms with Crippen LogP contribution in [0.1, 0.15) is 24.0 Å². The maximum absolute atomic E-state index is 10.4. The molecule has 8 heteroatoms. The van der Waals surface area contributed by atoms with E-state index in [-0.39, 0.29) is 24.7 Å². The predicted molar refractivity (Wildman–Crippen MR) is 130 cm³/mol. The van der Waals surface area contributed by atoms with Crippen LogP contribution >= 0.6 is 0 Å². The monoisotopic (exact) mass is 455 g/mol. The van der Waals surface area contributed by atoms with Crippen molar-refractivity contribution < 1.29 is 24.4 Å². The molecule has 2 aromatic carbocycles. The number of hydrogen-bond donors (Lipinski definition) is 2. The molecule has 1 aliphatic rings. The lowest BCUT2D eigenvalue weighted by Gasteiger charge is -2.15. The van der Waals surface area contributed by atoms with Gasteiger partial charge in [0.25, 0.3) is 0 Å². The van der Waals surface area contributed by atoms with E-state index in [9.17, 15) is 10.2 Å². The molecule has 178 valence electrons. The van der Waals surface area contributed by atoms with Gasteiger partial charge in [0, 0.05) is 36.6 Å². The van der Waals surface area contributed by atoms with Gasteiger partial charge in [0.2, 0.25) is 0 Å². The van der Waals surface area contributed by atoms with Crippen molar-refractivity contribution >= 4 is 12.4 Å². The third kappa shape index (κ3) is 8.07. The fraction of sp³-hybridized carbons (Fsp3) is 0.440. The van der Waals surface area contributed by atoms with Crippen LogP contribution in [-0.4, -0.2) is 87.2 Å². The van der Waals surface area contributed by atoms with Crippen LogP contribution in [0.15, 0.2) is 46.4 Å². The lowest BCUT2D eigenvalue weighted by atomic mass is 10.2. The molecule has 0 unspecified atom stereocenters. The summed E-state index contributed by atoms with van der Waals surface area (Å²) in [6.45, 7) is 4.47. The molecule has 8 nitrogen and oxygen atoms in total. The summed E-state index contributed by atoms with van der Waals surface area (Å²) in [5, 5.41) is 20.9. The molecule has 33 heavy (non-hydrogen) atoms. The Morgan fingerprint density at radius 2 is 1.21 bits per heavy atom. The highest BCUT2D eigenvalue weighted by molar-refractivity contribution is 5.85. The molecule has 0 amide bonds. The van der Waals surface area contributed by atoms with Gasteiger partial charge in [0.15, 0.2) is 23.0 Å². The first-order chi connectivity index (χ1) is 16.1. The van der Waals surface area contributed by atoms with Crippen molar-refractivity contribution in [2.45, 2.75) is 12.8 Å². The van der Waals surface area contributed by atoms with Crippen molar-refractivity contribution in [1.29, 1.82) is 0 Å². The van der Waals surface area contributed by atoms with E-state index in [1.165, 1.54) is 0 Å². The number of ether oxygens (including phenoxy) is 3. The third-order valence-electron chi connectivity index (χ3n) is 5.15. The van der Waals surface area contributed by atoms with Gasteiger partial charge >= 0.3 is 0 Å². The standard InChI is InChI=1S/C25H33N3O5/c1-28-12-4-10-26-18-20-6-2-8-22(24(20)29)32-16-14-31-15-17-33-23-9-3-7-21(25(23)30)19-27-11-5-13-28/h2-3,6-9,18-19,29-30H,4-5,10-17H2,1H3. The molecule has 0 aliphatic carbocycles. The topological polar surface area (TPSA) is 96.1 Å². The molecular weight excluding hydrogens is 422 g/mol. The number of aromatic hydroxyl groups is 2. The Hall–Kier alpha value is -3.10. The van der Waals surface area contributed by atoms with Crippen LogP contribution in [0.3, 0.4) is 0 Å². The van der Waals surface area contributed by atoms with Gasteiger partial charge in [0.05, 0.1) is 13.2 Å². The van der Waals surface area contributed by atoms with Crippen LogP contribution in [-0.2, 0) is 4.74 Å². The summed E-state index contributed by atoms with van der Waals surface area (Å²) in [7, 11) is 2.08. The molecule has 0 aromatic heterocycles. The number of phenols is 2. The number of rotatable bonds is 0. The quantitative estimate of drug-likeness (QED) is 0.634. The van der Waals surface area contributed by atoms with Gasteiger partial charge in [-0.2, -0.15) is 0 Å². The summed E-state index contributed by atoms with van der Waals surface area (Å²) >= 11 is 0. The highest BCUT2D eigenvalue weighted by Crippen LogP contribution is 2.29. The molecule has 3 rings (SSSR count). The summed E-state index contributed by atoms with van der Waals surface area (Å²) in [5.41, 5.74) is 1.26. The number of benzene rings is 2. The van der Waals surface area contributed by atoms with Gasteiger partial charge in [-0.3, -0.25) is 9.98 Å². The van der Waals surface area contributed by atoms with Gasteiger partial charge < -0.3 is 29.3 Å². The Bertz CT molecular complexity index is 859. The van der Waals surface area contributed by atoms with Crippen molar-refractivity contribution in [3.05, 3.63) is 47.5 Å². The van der Waals surface area contributed by atoms with E-state index in [0.717, 1.165) is 25.9 Å². The zero-order chi connectivity index (χ0) is 23.3. The Balaban J connectivity index is 1.62. The number of fused-ring (bicyclic) bond motifs is 4. The SMILES string of the molecule is CN1CCCN=Cc2cccc(c2O)OCCOCCOc2cccc(c2O)C=NCCC1. The second kappa shape index (κ2) is 13.4. The molecule has 0 saturated carbocycles. The van der Waals surface area contributed by atoms with Gasteiger partial charge in [-0.25, -0.2) is 0 Å². The highest BCUT2D eigenvalue weighted by Gasteiger charge is 2.08. The average Bonchev–Trinajstić information content (AvgIpc) is 2.81. The molecule has 4 bridgehead atoms. The number of phenolic OH excluding ortho intramolecular Hbond substituents is 2. The lowest BCUT2D eigenvalue weighted by Crippen LogP contribution is -2.22. The lowest BCUT2D eigenvalue weighted by molar-refractivity contribution is 0.0751. The highest BCUT2D eigenvalue weighted by atomic mass is 16.5. The summed E-state index contributed by atoms with van der Waals surface area (Å²) in [6.07, 6.45) is 5.22. The molecule has 0 saturated heterocycles. The summed E-state index contributed by atoms with van der Waals surface area (Å²) in [6, 6.07) is 10.7. The summed E-state index contributed by atoms with van der Waals surface area (Å²) in [5.74, 6) is 0.951. The van der Waals surface area contributed by atoms with Crippen molar-refractivity contribution in [2.24, 2.45) is 9.98 Å². The first-order valence-electron chi connectivity index (χ1n) is 11.3. The molecule has 2 aromatic rings. The van der Waals surface area contributed by atoms with E-state index in [4.69, 9.17) is 14.2 Å². The molecule has 1 heterocycles. The number of aliphatic imine (C=N–C) groups is 2. The minimum atomic E-state index is 0.0760. The molecule has 0 radical (unpaired) electrons. The Labute approximate surface area is 195 Å². The number of nitrogens with zero attached hydrogens (tertiary/aromatic N) is 3. The van der Waals surface area contributed by atoms with E-state index in [2.05, 4.69) is 21.9 Å². The maximum Gasteiger partial charge on any atom is 0.166 e. The van der Waals surface area contributed by atoms with Crippen LogP contribution in [0.2, 0.25) is 0 Å². The summed E-state index contributed by atoms with van der Waals surface area (Å²) < 4.78 is 16.8. The summed E-state index contributed by atoms with van der Waals surface area (Å²) in [4.78, 5) is 11.1. The van der Waals surface area contributed by atoms with Crippen LogP contribution in [0.4, 0.5) is 0 Å². The molecular formula is C25H33N3O5. The minimum absolute atomic E-state index is 0.0760. The number of hydrogen-bond acceptors (Lipinski definition) is 8. The molecule has 0 fully saturated rings. The van der Waals surface area contributed by atoms with Crippen LogP contribution in [0.25, 0.3) is 0 Å². The maximum atomic E-state index is 10.4. The Morgan fingerprint density at radius 1 is 0.727 bits per heavy atom. The predicted octanol–water partition coefficient (Wildman–Crippen LogP) is 3.14. The zero-order valence-corrected chi connectivity index (χ0v) is 19.2. The van der Waals surface area contributed by atoms with Crippen molar-refractivity contribution in [2.75, 3.05) is 59.7 Å². The van der Waals surface area contributed by atoms with Crippen LogP contribution in [0.5, 0.6) is 23.0 Å². The number of para-hydroxylation sites is 2. The van der Waals surface area contributed by atoms with Crippen LogP contribution in [0, 0.1) is 0 Å². The Kier molecular flexibility index (Phi) is 10.0. The second-order valence-corrected chi connectivity index (χ2v) is 7.78. The smallest absolute Gasteiger partial charge is 0.166 e. The van der Waals surface area contributed by atoms with Crippen molar-refractivity contribution in [1.82, 2.24) is 4.90 Å². The largest absolute Gasteiger partial charge is 0.504 e. The molecule has 1 aliphatic heterocycles. The fourth-order valence-corrected chi connectivity index (χ4v) is 3.34. The van der Waals surface area contributed by atoms with Crippen LogP contribution < -0.4 is 9.47 Å². The van der Waals surface area contributed by atoms with Crippen molar-refractivity contribution in [3.63, 3.8) is 0 Å². The molecule has 2 N–H and O–H groups in total. The van der Waals surface area contributed by atoms with Gasteiger partial charge in [0.1, 0.15) is 13.2 Å².